The highest BCUT2D eigenvalue weighted by Crippen LogP contribution is 2.18. The van der Waals surface area contributed by atoms with Crippen molar-refractivity contribution < 1.29 is 22.7 Å². The molecule has 0 saturated heterocycles. The van der Waals surface area contributed by atoms with Gasteiger partial charge in [-0.25, -0.2) is 8.42 Å². The van der Waals surface area contributed by atoms with E-state index in [2.05, 4.69) is 5.32 Å². The molecule has 0 fully saturated rings. The minimum atomic E-state index is -3.58. The van der Waals surface area contributed by atoms with Crippen molar-refractivity contribution in [2.24, 2.45) is 0 Å². The van der Waals surface area contributed by atoms with E-state index in [0.29, 0.717) is 11.4 Å². The van der Waals surface area contributed by atoms with E-state index in [1.807, 2.05) is 0 Å². The largest absolute Gasteiger partial charge is 0.497 e. The Kier molecular flexibility index (Phi) is 3.89. The number of amides is 1. The van der Waals surface area contributed by atoms with Crippen LogP contribution >= 0.6 is 0 Å². The van der Waals surface area contributed by atoms with Crippen LogP contribution in [-0.4, -0.2) is 38.2 Å². The highest BCUT2D eigenvalue weighted by molar-refractivity contribution is 7.93. The summed E-state index contributed by atoms with van der Waals surface area (Å²) in [6.45, 7) is 0. The number of methoxy groups -OCH3 is 1. The van der Waals surface area contributed by atoms with Gasteiger partial charge in [0.15, 0.2) is 9.84 Å². The van der Waals surface area contributed by atoms with Gasteiger partial charge in [0.25, 0.3) is 5.91 Å². The number of hydrogen-bond donors (Lipinski definition) is 1. The quantitative estimate of drug-likeness (QED) is 0.647. The smallest absolute Gasteiger partial charge is 0.293 e. The lowest BCUT2D eigenvalue weighted by Crippen LogP contribution is -2.36. The molecule has 6 nitrogen and oxygen atoms in total. The number of sulfone groups is 1. The molecule has 1 aliphatic rings. The van der Waals surface area contributed by atoms with Crippen molar-refractivity contribution in [3.05, 3.63) is 36.4 Å². The third-order valence-electron chi connectivity index (χ3n) is 2.84. The average Bonchev–Trinajstić information content (AvgIpc) is 2.77. The summed E-state index contributed by atoms with van der Waals surface area (Å²) >= 11 is 0. The predicted octanol–water partition coefficient (Wildman–Crippen LogP) is 0.556. The van der Waals surface area contributed by atoms with Gasteiger partial charge >= 0.3 is 0 Å². The molecule has 7 heteroatoms. The Morgan fingerprint density at radius 3 is 2.70 bits per heavy atom. The third-order valence-corrected chi connectivity index (χ3v) is 4.64. The van der Waals surface area contributed by atoms with Gasteiger partial charge in [0.1, 0.15) is 11.0 Å². The van der Waals surface area contributed by atoms with Crippen LogP contribution in [0.2, 0.25) is 0 Å². The van der Waals surface area contributed by atoms with E-state index in [4.69, 9.17) is 4.74 Å². The van der Waals surface area contributed by atoms with Crippen LogP contribution in [0.4, 0.5) is 5.69 Å². The molecule has 1 aromatic rings. The van der Waals surface area contributed by atoms with Crippen molar-refractivity contribution in [1.29, 1.82) is 0 Å². The molecule has 1 amide bonds. The molecule has 0 radical (unpaired) electrons. The third kappa shape index (κ3) is 2.88. The Balaban J connectivity index is 2.12. The van der Waals surface area contributed by atoms with Gasteiger partial charge < -0.3 is 10.1 Å². The Hall–Kier alpha value is -2.15. The normalized spacial score (nSPS) is 19.6. The number of rotatable bonds is 4. The maximum Gasteiger partial charge on any atom is 0.293 e. The summed E-state index contributed by atoms with van der Waals surface area (Å²) in [5.41, 5.74) is 0.363. The molecular formula is C13H13NO5S. The zero-order chi connectivity index (χ0) is 14.8. The van der Waals surface area contributed by atoms with Crippen LogP contribution < -0.4 is 10.1 Å². The molecule has 20 heavy (non-hydrogen) atoms. The van der Waals surface area contributed by atoms with Gasteiger partial charge in [-0.05, 0) is 12.1 Å². The molecule has 1 heterocycles. The molecule has 1 N–H and O–H groups in total. The molecule has 0 saturated carbocycles. The second kappa shape index (κ2) is 5.46. The van der Waals surface area contributed by atoms with E-state index >= 15 is 0 Å². The van der Waals surface area contributed by atoms with Crippen LogP contribution in [0, 0.1) is 0 Å². The highest BCUT2D eigenvalue weighted by atomic mass is 32.2. The van der Waals surface area contributed by atoms with Crippen molar-refractivity contribution in [3.63, 3.8) is 0 Å². The second-order valence-electron chi connectivity index (χ2n) is 4.23. The molecule has 0 spiro atoms. The minimum Gasteiger partial charge on any atom is -0.497 e. The lowest BCUT2D eigenvalue weighted by atomic mass is 10.2. The molecule has 1 aliphatic heterocycles. The number of nitrogens with one attached hydrogen (secondary N) is 1. The Morgan fingerprint density at radius 1 is 1.35 bits per heavy atom. The summed E-state index contributed by atoms with van der Waals surface area (Å²) < 4.78 is 28.1. The summed E-state index contributed by atoms with van der Waals surface area (Å²) in [4.78, 5) is 23.6. The first-order chi connectivity index (χ1) is 9.44. The maximum absolute atomic E-state index is 11.8. The van der Waals surface area contributed by atoms with Gasteiger partial charge in [0, 0.05) is 11.8 Å². The van der Waals surface area contributed by atoms with Gasteiger partial charge in [-0.1, -0.05) is 18.2 Å². The minimum absolute atomic E-state index is 0.212. The summed E-state index contributed by atoms with van der Waals surface area (Å²) in [6, 6.07) is 6.43. The van der Waals surface area contributed by atoms with Crippen molar-refractivity contribution in [2.45, 2.75) is 5.25 Å². The molecule has 0 aliphatic carbocycles. The van der Waals surface area contributed by atoms with Gasteiger partial charge in [0.2, 0.25) is 5.78 Å². The van der Waals surface area contributed by atoms with Crippen LogP contribution in [0.5, 0.6) is 5.75 Å². The first kappa shape index (κ1) is 14.3. The first-order valence-corrected chi connectivity index (χ1v) is 7.53. The van der Waals surface area contributed by atoms with Crippen LogP contribution in [0.1, 0.15) is 0 Å². The number of anilines is 1. The van der Waals surface area contributed by atoms with Gasteiger partial charge in [-0.15, -0.1) is 0 Å². The maximum atomic E-state index is 11.8. The average molecular weight is 295 g/mol. The monoisotopic (exact) mass is 295 g/mol. The van der Waals surface area contributed by atoms with Gasteiger partial charge in [0.05, 0.1) is 12.9 Å². The summed E-state index contributed by atoms with van der Waals surface area (Å²) in [5.74, 6) is -1.64. The molecule has 0 bridgehead atoms. The SMILES string of the molecule is COc1cccc(NC(=O)C(=O)[C@@H]2C=CCS2(=O)=O)c1. The molecule has 106 valence electrons. The lowest BCUT2D eigenvalue weighted by molar-refractivity contribution is -0.134. The number of ether oxygens (including phenoxy) is 1. The highest BCUT2D eigenvalue weighted by Gasteiger charge is 2.36. The van der Waals surface area contributed by atoms with E-state index in [9.17, 15) is 18.0 Å². The Bertz CT molecular complexity index is 678. The van der Waals surface area contributed by atoms with Crippen LogP contribution in [0.25, 0.3) is 0 Å². The summed E-state index contributed by atoms with van der Waals surface area (Å²) in [7, 11) is -2.11. The zero-order valence-corrected chi connectivity index (χ0v) is 11.5. The molecular weight excluding hydrogens is 282 g/mol. The number of benzene rings is 1. The zero-order valence-electron chi connectivity index (χ0n) is 10.7. The van der Waals surface area contributed by atoms with E-state index in [1.165, 1.54) is 25.3 Å². The predicted molar refractivity (Wildman–Crippen MR) is 73.3 cm³/mol. The Labute approximate surface area is 116 Å². The van der Waals surface area contributed by atoms with Gasteiger partial charge in [-0.2, -0.15) is 0 Å². The first-order valence-electron chi connectivity index (χ1n) is 5.81. The fourth-order valence-electron chi connectivity index (χ4n) is 1.81. The van der Waals surface area contributed by atoms with Crippen LogP contribution in [0.15, 0.2) is 36.4 Å². The van der Waals surface area contributed by atoms with Crippen molar-refractivity contribution in [1.82, 2.24) is 0 Å². The number of carbonyl (C=O) groups is 2. The number of ketones is 1. The van der Waals surface area contributed by atoms with Crippen molar-refractivity contribution in [3.8, 4) is 5.75 Å². The van der Waals surface area contributed by atoms with E-state index in [0.717, 1.165) is 0 Å². The number of hydrogen-bond acceptors (Lipinski definition) is 5. The van der Waals surface area contributed by atoms with Crippen molar-refractivity contribution in [2.75, 3.05) is 18.2 Å². The fraction of sp³-hybridized carbons (Fsp3) is 0.231. The number of carbonyl (C=O) groups excluding carboxylic acids is 2. The summed E-state index contributed by atoms with van der Waals surface area (Å²) in [6.07, 6.45) is 2.61. The molecule has 2 rings (SSSR count). The molecule has 1 aromatic carbocycles. The van der Waals surface area contributed by atoms with E-state index < -0.39 is 26.8 Å². The topological polar surface area (TPSA) is 89.5 Å². The van der Waals surface area contributed by atoms with E-state index in [-0.39, 0.29) is 5.75 Å². The van der Waals surface area contributed by atoms with Gasteiger partial charge in [-0.3, -0.25) is 9.59 Å². The van der Waals surface area contributed by atoms with Crippen molar-refractivity contribution >= 4 is 27.2 Å². The van der Waals surface area contributed by atoms with Crippen LogP contribution in [-0.2, 0) is 19.4 Å². The Morgan fingerprint density at radius 2 is 2.10 bits per heavy atom. The summed E-state index contributed by atoms with van der Waals surface area (Å²) in [5, 5.41) is 0.983. The van der Waals surface area contributed by atoms with Crippen LogP contribution in [0.3, 0.4) is 0 Å². The lowest BCUT2D eigenvalue weighted by Gasteiger charge is -2.09. The standard InChI is InChI=1S/C13H13NO5S/c1-19-10-5-2-4-9(8-10)14-13(16)12(15)11-6-3-7-20(11,17)18/h2-6,8,11H,7H2,1H3,(H,14,16)/t11-/m0/s1. The van der Waals surface area contributed by atoms with E-state index in [1.54, 1.807) is 18.2 Å². The molecule has 1 atom stereocenters. The fourth-order valence-corrected chi connectivity index (χ4v) is 3.18. The second-order valence-corrected chi connectivity index (χ2v) is 6.40. The molecule has 0 unspecified atom stereocenters. The number of Topliss-reactive ketones (excluding diaryl/α,β-unsaturated/α-hetero) is 1. The molecule has 0 aromatic heterocycles.